The van der Waals surface area contributed by atoms with Crippen LogP contribution in [0, 0.1) is 6.92 Å². The Hall–Kier alpha value is -0.700. The van der Waals surface area contributed by atoms with Crippen LogP contribution in [-0.4, -0.2) is 9.97 Å². The fourth-order valence-corrected chi connectivity index (χ4v) is 0.433. The third-order valence-corrected chi connectivity index (χ3v) is 0.726. The van der Waals surface area contributed by atoms with E-state index in [9.17, 15) is 0 Å². The Kier molecular flexibility index (Phi) is 2.34. The molecule has 0 bridgehead atoms. The van der Waals surface area contributed by atoms with Gasteiger partial charge < -0.3 is 10.7 Å². The average Bonchev–Trinajstić information content (AvgIpc) is 1.87. The number of nitrogens with two attached hydrogens (primary N) is 1. The summed E-state index contributed by atoms with van der Waals surface area (Å²) in [4.78, 5) is 6.57. The van der Waals surface area contributed by atoms with Crippen LogP contribution < -0.4 is 5.73 Å². The first-order valence-electron chi connectivity index (χ1n) is 2.06. The lowest BCUT2D eigenvalue weighted by Crippen LogP contribution is -1.84. The van der Waals surface area contributed by atoms with Gasteiger partial charge in [-0.25, -0.2) is 4.98 Å². The summed E-state index contributed by atoms with van der Waals surface area (Å²) < 4.78 is 0. The quantitative estimate of drug-likeness (QED) is 0.548. The van der Waals surface area contributed by atoms with Crippen LogP contribution >= 0.6 is 12.4 Å². The number of aromatic nitrogens is 2. The molecule has 0 spiro atoms. The van der Waals surface area contributed by atoms with E-state index in [2.05, 4.69) is 9.97 Å². The predicted molar refractivity (Wildman–Crippen MR) is 35.0 cm³/mol. The van der Waals surface area contributed by atoms with Gasteiger partial charge in [0.1, 0.15) is 0 Å². The molecule has 0 aliphatic carbocycles. The standard InChI is InChI=1S/C4H7N3.ClH/c1-3-2-6-4(5)7-3;/h2H,1H3,(H3,5,6,7);1H. The monoisotopic (exact) mass is 133 g/mol. The molecule has 0 aromatic carbocycles. The number of anilines is 1. The first-order valence-corrected chi connectivity index (χ1v) is 2.06. The minimum absolute atomic E-state index is 0. The molecule has 0 radical (unpaired) electrons. The number of H-pyrrole nitrogens is 1. The van der Waals surface area contributed by atoms with Crippen molar-refractivity contribution in [2.24, 2.45) is 0 Å². The molecule has 0 aliphatic heterocycles. The van der Waals surface area contributed by atoms with Crippen LogP contribution in [-0.2, 0) is 0 Å². The Balaban J connectivity index is 0.000000490. The van der Waals surface area contributed by atoms with E-state index in [-0.39, 0.29) is 12.4 Å². The molecule has 8 heavy (non-hydrogen) atoms. The number of hydrogen-bond donors (Lipinski definition) is 2. The lowest BCUT2D eigenvalue weighted by Gasteiger charge is -1.72. The lowest BCUT2D eigenvalue weighted by atomic mass is 10.6. The summed E-state index contributed by atoms with van der Waals surface area (Å²) in [5.74, 6) is 0.484. The Morgan fingerprint density at radius 1 is 1.75 bits per heavy atom. The number of aryl methyl sites for hydroxylation is 1. The van der Waals surface area contributed by atoms with E-state index < -0.39 is 0 Å². The van der Waals surface area contributed by atoms with Gasteiger partial charge in [0.2, 0.25) is 0 Å². The Morgan fingerprint density at radius 3 is 2.50 bits per heavy atom. The number of halogens is 1. The van der Waals surface area contributed by atoms with Crippen LogP contribution in [0.4, 0.5) is 5.95 Å². The number of imidazole rings is 1. The molecular weight excluding hydrogens is 126 g/mol. The zero-order valence-electron chi connectivity index (χ0n) is 4.51. The molecule has 3 nitrogen and oxygen atoms in total. The number of nitrogens with zero attached hydrogens (tertiary/aromatic N) is 1. The van der Waals surface area contributed by atoms with E-state index in [1.165, 1.54) is 0 Å². The van der Waals surface area contributed by atoms with E-state index in [0.717, 1.165) is 5.69 Å². The minimum atomic E-state index is 0. The Morgan fingerprint density at radius 2 is 2.38 bits per heavy atom. The van der Waals surface area contributed by atoms with Gasteiger partial charge in [0.25, 0.3) is 0 Å². The second-order valence-electron chi connectivity index (χ2n) is 1.43. The van der Waals surface area contributed by atoms with Crippen LogP contribution in [0.15, 0.2) is 6.20 Å². The second-order valence-corrected chi connectivity index (χ2v) is 1.43. The van der Waals surface area contributed by atoms with Crippen LogP contribution in [0.2, 0.25) is 0 Å². The Bertz CT molecular complexity index is 144. The van der Waals surface area contributed by atoms with Gasteiger partial charge in [0, 0.05) is 6.20 Å². The normalized spacial score (nSPS) is 8.12. The molecule has 0 saturated carbocycles. The number of nitrogens with one attached hydrogen (secondary N) is 1. The van der Waals surface area contributed by atoms with Crippen molar-refractivity contribution in [2.45, 2.75) is 6.92 Å². The number of hydrogen-bond acceptors (Lipinski definition) is 2. The lowest BCUT2D eigenvalue weighted by molar-refractivity contribution is 1.26. The summed E-state index contributed by atoms with van der Waals surface area (Å²) in [5.41, 5.74) is 6.14. The van der Waals surface area contributed by atoms with Gasteiger partial charge in [-0.15, -0.1) is 12.4 Å². The molecule has 0 saturated heterocycles. The summed E-state index contributed by atoms with van der Waals surface area (Å²) in [7, 11) is 0. The molecular formula is C4H8ClN3. The smallest absolute Gasteiger partial charge is 0.197 e. The molecule has 0 aliphatic rings. The van der Waals surface area contributed by atoms with Crippen LogP contribution in [0.3, 0.4) is 0 Å². The van der Waals surface area contributed by atoms with Gasteiger partial charge in [-0.05, 0) is 6.92 Å². The molecule has 1 rings (SSSR count). The molecule has 46 valence electrons. The number of nitrogen functional groups attached to an aromatic ring is 1. The highest BCUT2D eigenvalue weighted by Gasteiger charge is 1.84. The fourth-order valence-electron chi connectivity index (χ4n) is 0.433. The van der Waals surface area contributed by atoms with Gasteiger partial charge in [-0.1, -0.05) is 0 Å². The van der Waals surface area contributed by atoms with Crippen LogP contribution in [0.25, 0.3) is 0 Å². The van der Waals surface area contributed by atoms with Crippen molar-refractivity contribution in [1.29, 1.82) is 0 Å². The highest BCUT2D eigenvalue weighted by atomic mass is 35.5. The summed E-state index contributed by atoms with van der Waals surface area (Å²) >= 11 is 0. The molecule has 0 amide bonds. The summed E-state index contributed by atoms with van der Waals surface area (Å²) in [6.07, 6.45) is 1.76. The second kappa shape index (κ2) is 2.57. The summed E-state index contributed by atoms with van der Waals surface area (Å²) in [6, 6.07) is 0. The molecule has 1 aromatic heterocycles. The molecule has 1 heterocycles. The SMILES string of the molecule is Cc1c[nH]c(N)n1.Cl. The van der Waals surface area contributed by atoms with Crippen molar-refractivity contribution in [3.05, 3.63) is 11.9 Å². The molecule has 1 aromatic rings. The number of rotatable bonds is 0. The molecule has 0 unspecified atom stereocenters. The van der Waals surface area contributed by atoms with Gasteiger partial charge in [-0.3, -0.25) is 0 Å². The molecule has 0 atom stereocenters. The van der Waals surface area contributed by atoms with E-state index in [4.69, 9.17) is 5.73 Å². The largest absolute Gasteiger partial charge is 0.369 e. The van der Waals surface area contributed by atoms with Crippen molar-refractivity contribution < 1.29 is 0 Å². The first kappa shape index (κ1) is 7.30. The minimum Gasteiger partial charge on any atom is -0.369 e. The van der Waals surface area contributed by atoms with Crippen LogP contribution in [0.5, 0.6) is 0 Å². The van der Waals surface area contributed by atoms with E-state index >= 15 is 0 Å². The molecule has 4 heteroatoms. The first-order chi connectivity index (χ1) is 3.29. The van der Waals surface area contributed by atoms with Gasteiger partial charge >= 0.3 is 0 Å². The highest BCUT2D eigenvalue weighted by Crippen LogP contribution is 1.92. The summed E-state index contributed by atoms with van der Waals surface area (Å²) in [6.45, 7) is 1.88. The highest BCUT2D eigenvalue weighted by molar-refractivity contribution is 5.85. The van der Waals surface area contributed by atoms with Crippen molar-refractivity contribution in [1.82, 2.24) is 9.97 Å². The van der Waals surface area contributed by atoms with Crippen molar-refractivity contribution in [3.8, 4) is 0 Å². The zero-order valence-corrected chi connectivity index (χ0v) is 5.33. The maximum Gasteiger partial charge on any atom is 0.197 e. The molecule has 3 N–H and O–H groups in total. The van der Waals surface area contributed by atoms with Gasteiger partial charge in [-0.2, -0.15) is 0 Å². The zero-order chi connectivity index (χ0) is 5.28. The fraction of sp³-hybridized carbons (Fsp3) is 0.250. The molecule has 0 fully saturated rings. The van der Waals surface area contributed by atoms with Crippen molar-refractivity contribution in [3.63, 3.8) is 0 Å². The van der Waals surface area contributed by atoms with Crippen molar-refractivity contribution >= 4 is 18.4 Å². The van der Waals surface area contributed by atoms with E-state index in [1.54, 1.807) is 6.20 Å². The predicted octanol–water partition coefficient (Wildman–Crippen LogP) is 0.722. The maximum atomic E-state index is 5.21. The summed E-state index contributed by atoms with van der Waals surface area (Å²) in [5, 5.41) is 0. The van der Waals surface area contributed by atoms with E-state index in [0.29, 0.717) is 5.95 Å². The third-order valence-electron chi connectivity index (χ3n) is 0.726. The van der Waals surface area contributed by atoms with Crippen molar-refractivity contribution in [2.75, 3.05) is 5.73 Å². The van der Waals surface area contributed by atoms with Gasteiger partial charge in [0.15, 0.2) is 5.95 Å². The Labute approximate surface area is 53.7 Å². The van der Waals surface area contributed by atoms with Gasteiger partial charge in [0.05, 0.1) is 5.69 Å². The maximum absolute atomic E-state index is 5.21. The topological polar surface area (TPSA) is 54.7 Å². The van der Waals surface area contributed by atoms with Crippen LogP contribution in [0.1, 0.15) is 5.69 Å². The average molecular weight is 134 g/mol. The third kappa shape index (κ3) is 1.42. The number of aromatic amines is 1. The van der Waals surface area contributed by atoms with E-state index in [1.807, 2.05) is 6.92 Å².